The van der Waals surface area contributed by atoms with Crippen molar-refractivity contribution in [1.82, 2.24) is 9.97 Å². The topological polar surface area (TPSA) is 45.8 Å². The van der Waals surface area contributed by atoms with Gasteiger partial charge in [0.15, 0.2) is 0 Å². The molecule has 1 aromatic carbocycles. The third-order valence-corrected chi connectivity index (χ3v) is 6.77. The Morgan fingerprint density at radius 3 is 2.62 bits per heavy atom. The number of hydrogen-bond acceptors (Lipinski definition) is 4. The predicted octanol–water partition coefficient (Wildman–Crippen LogP) is 3.65. The van der Waals surface area contributed by atoms with Crippen molar-refractivity contribution in [3.8, 4) is 11.3 Å². The van der Waals surface area contributed by atoms with E-state index < -0.39 is 0 Å². The maximum Gasteiger partial charge on any atom is 0.254 e. The molecule has 3 rings (SSSR count). The average Bonchev–Trinajstić information content (AvgIpc) is 2.51. The fraction of sp³-hybridized carbons (Fsp3) is 0.375. The highest BCUT2D eigenvalue weighted by atomic mass is 32.2. The average molecular weight is 318 g/mol. The fourth-order valence-corrected chi connectivity index (χ4v) is 5.21. The number of nitrogens with zero attached hydrogens (tertiary/aromatic N) is 1. The van der Waals surface area contributed by atoms with Crippen molar-refractivity contribution in [2.75, 3.05) is 11.5 Å². The van der Waals surface area contributed by atoms with Crippen LogP contribution in [0.25, 0.3) is 11.3 Å². The van der Waals surface area contributed by atoms with Crippen LogP contribution in [-0.2, 0) is 0 Å². The quantitative estimate of drug-likeness (QED) is 0.918. The molecule has 5 heteroatoms. The van der Waals surface area contributed by atoms with Crippen molar-refractivity contribution in [1.29, 1.82) is 0 Å². The van der Waals surface area contributed by atoms with Gasteiger partial charge in [0.2, 0.25) is 0 Å². The van der Waals surface area contributed by atoms with Gasteiger partial charge >= 0.3 is 0 Å². The Balaban J connectivity index is 2.08. The lowest BCUT2D eigenvalue weighted by molar-refractivity contribution is 0.812. The summed E-state index contributed by atoms with van der Waals surface area (Å²) in [7, 11) is 0. The zero-order valence-electron chi connectivity index (χ0n) is 12.1. The predicted molar refractivity (Wildman–Crippen MR) is 92.1 cm³/mol. The summed E-state index contributed by atoms with van der Waals surface area (Å²) in [5.74, 6) is 3.09. The van der Waals surface area contributed by atoms with Crippen molar-refractivity contribution in [3.63, 3.8) is 0 Å². The van der Waals surface area contributed by atoms with Gasteiger partial charge < -0.3 is 4.98 Å². The van der Waals surface area contributed by atoms with E-state index in [1.807, 2.05) is 60.8 Å². The van der Waals surface area contributed by atoms with E-state index in [1.54, 1.807) is 0 Å². The van der Waals surface area contributed by atoms with Crippen LogP contribution in [-0.4, -0.2) is 26.7 Å². The first-order valence-corrected chi connectivity index (χ1v) is 9.16. The minimum Gasteiger partial charge on any atom is -0.309 e. The summed E-state index contributed by atoms with van der Waals surface area (Å²) in [4.78, 5) is 20.0. The highest BCUT2D eigenvalue weighted by molar-refractivity contribution is 8.06. The summed E-state index contributed by atoms with van der Waals surface area (Å²) in [5.41, 5.74) is 2.47. The van der Waals surface area contributed by atoms with Crippen LogP contribution in [0.1, 0.15) is 23.6 Å². The maximum absolute atomic E-state index is 12.3. The molecule has 0 bridgehead atoms. The lowest BCUT2D eigenvalue weighted by Gasteiger charge is -2.27. The van der Waals surface area contributed by atoms with Gasteiger partial charge in [0.05, 0.1) is 10.9 Å². The summed E-state index contributed by atoms with van der Waals surface area (Å²) in [6, 6.07) is 9.94. The molecule has 1 saturated heterocycles. The standard InChI is InChI=1S/C16H18N2OS2/c1-10-13(12-6-4-3-5-7-12)17-15(18-16(10)19)14-11(2)20-8-9-21-14/h3-7,11,14H,8-9H2,1-2H3,(H,17,18,19). The van der Waals surface area contributed by atoms with Crippen molar-refractivity contribution in [2.45, 2.75) is 24.3 Å². The summed E-state index contributed by atoms with van der Waals surface area (Å²) in [6.45, 7) is 4.05. The van der Waals surface area contributed by atoms with Crippen LogP contribution in [0.3, 0.4) is 0 Å². The van der Waals surface area contributed by atoms with E-state index in [9.17, 15) is 4.79 Å². The third-order valence-electron chi connectivity index (χ3n) is 3.67. The number of aromatic nitrogens is 2. The molecule has 110 valence electrons. The van der Waals surface area contributed by atoms with Crippen molar-refractivity contribution >= 4 is 23.5 Å². The van der Waals surface area contributed by atoms with Gasteiger partial charge in [0, 0.05) is 27.9 Å². The molecule has 0 aliphatic carbocycles. The lowest BCUT2D eigenvalue weighted by atomic mass is 10.1. The molecule has 2 aromatic rings. The highest BCUT2D eigenvalue weighted by Gasteiger charge is 2.27. The van der Waals surface area contributed by atoms with E-state index in [2.05, 4.69) is 11.9 Å². The number of nitrogens with one attached hydrogen (secondary N) is 1. The van der Waals surface area contributed by atoms with Gasteiger partial charge in [-0.3, -0.25) is 4.79 Å². The first-order chi connectivity index (χ1) is 10.2. The Hall–Kier alpha value is -1.20. The normalized spacial score (nSPS) is 22.2. The number of H-pyrrole nitrogens is 1. The molecule has 1 aromatic heterocycles. The van der Waals surface area contributed by atoms with Gasteiger partial charge in [-0.15, -0.1) is 11.8 Å². The molecule has 1 N–H and O–H groups in total. The molecule has 1 fully saturated rings. The molecule has 0 radical (unpaired) electrons. The Labute approximate surface area is 133 Å². The van der Waals surface area contributed by atoms with E-state index in [0.717, 1.165) is 22.8 Å². The smallest absolute Gasteiger partial charge is 0.254 e. The highest BCUT2D eigenvalue weighted by Crippen LogP contribution is 2.41. The van der Waals surface area contributed by atoms with E-state index in [4.69, 9.17) is 4.98 Å². The van der Waals surface area contributed by atoms with Gasteiger partial charge in [-0.05, 0) is 6.92 Å². The molecule has 1 aliphatic rings. The number of rotatable bonds is 2. The van der Waals surface area contributed by atoms with E-state index >= 15 is 0 Å². The van der Waals surface area contributed by atoms with E-state index in [-0.39, 0.29) is 10.8 Å². The Morgan fingerprint density at radius 2 is 1.90 bits per heavy atom. The van der Waals surface area contributed by atoms with E-state index in [0.29, 0.717) is 10.8 Å². The van der Waals surface area contributed by atoms with Crippen LogP contribution in [0.4, 0.5) is 0 Å². The molecule has 0 saturated carbocycles. The molecule has 2 heterocycles. The van der Waals surface area contributed by atoms with Crippen LogP contribution in [0, 0.1) is 6.92 Å². The Morgan fingerprint density at radius 1 is 1.19 bits per heavy atom. The van der Waals surface area contributed by atoms with Gasteiger partial charge in [-0.1, -0.05) is 37.3 Å². The van der Waals surface area contributed by atoms with Crippen molar-refractivity contribution in [2.24, 2.45) is 0 Å². The zero-order chi connectivity index (χ0) is 14.8. The molecule has 2 atom stereocenters. The third kappa shape index (κ3) is 3.04. The summed E-state index contributed by atoms with van der Waals surface area (Å²) in [5, 5.41) is 0.734. The number of hydrogen-bond donors (Lipinski definition) is 1. The maximum atomic E-state index is 12.3. The summed E-state index contributed by atoms with van der Waals surface area (Å²) >= 11 is 3.84. The van der Waals surface area contributed by atoms with E-state index in [1.165, 1.54) is 5.75 Å². The SMILES string of the molecule is Cc1c(-c2ccccc2)nc(C2SCCSC2C)[nH]c1=O. The van der Waals surface area contributed by atoms with Crippen LogP contribution in [0.5, 0.6) is 0 Å². The molecule has 21 heavy (non-hydrogen) atoms. The van der Waals surface area contributed by atoms with Crippen LogP contribution >= 0.6 is 23.5 Å². The second-order valence-corrected chi connectivity index (χ2v) is 7.89. The van der Waals surface area contributed by atoms with Crippen molar-refractivity contribution < 1.29 is 0 Å². The number of aromatic amines is 1. The second-order valence-electron chi connectivity index (χ2n) is 5.16. The Bertz CT molecular complexity index is 684. The van der Waals surface area contributed by atoms with Crippen LogP contribution in [0.2, 0.25) is 0 Å². The largest absolute Gasteiger partial charge is 0.309 e. The summed E-state index contributed by atoms with van der Waals surface area (Å²) < 4.78 is 0. The zero-order valence-corrected chi connectivity index (χ0v) is 13.8. The first kappa shape index (κ1) is 14.7. The number of thioether (sulfide) groups is 2. The van der Waals surface area contributed by atoms with Gasteiger partial charge in [0.1, 0.15) is 5.82 Å². The Kier molecular flexibility index (Phi) is 4.40. The van der Waals surface area contributed by atoms with Crippen LogP contribution < -0.4 is 5.56 Å². The molecule has 0 amide bonds. The fourth-order valence-electron chi connectivity index (χ4n) is 2.49. The number of benzene rings is 1. The van der Waals surface area contributed by atoms with Crippen molar-refractivity contribution in [3.05, 3.63) is 52.1 Å². The van der Waals surface area contributed by atoms with Gasteiger partial charge in [-0.2, -0.15) is 11.8 Å². The minimum atomic E-state index is -0.0257. The summed E-state index contributed by atoms with van der Waals surface area (Å²) in [6.07, 6.45) is 0. The van der Waals surface area contributed by atoms with Crippen LogP contribution in [0.15, 0.2) is 35.1 Å². The monoisotopic (exact) mass is 318 g/mol. The molecular weight excluding hydrogens is 300 g/mol. The molecule has 0 spiro atoms. The molecule has 3 nitrogen and oxygen atoms in total. The van der Waals surface area contributed by atoms with Gasteiger partial charge in [0.25, 0.3) is 5.56 Å². The first-order valence-electron chi connectivity index (χ1n) is 7.06. The van der Waals surface area contributed by atoms with Gasteiger partial charge in [-0.25, -0.2) is 4.98 Å². The lowest BCUT2D eigenvalue weighted by Crippen LogP contribution is -2.23. The minimum absolute atomic E-state index is 0.0257. The second kappa shape index (κ2) is 6.28. The molecule has 2 unspecified atom stereocenters. The molecule has 1 aliphatic heterocycles. The molecular formula is C16H18N2OS2.